The summed E-state index contributed by atoms with van der Waals surface area (Å²) in [7, 11) is 0. The second-order valence-electron chi connectivity index (χ2n) is 2.45. The van der Waals surface area contributed by atoms with Crippen LogP contribution in [0.25, 0.3) is 0 Å². The third kappa shape index (κ3) is 2.34. The van der Waals surface area contributed by atoms with Crippen LogP contribution in [-0.4, -0.2) is 5.11 Å². The molecule has 0 spiro atoms. The molecule has 0 bridgehead atoms. The fraction of sp³-hybridized carbons (Fsp3) is 0.111. The lowest BCUT2D eigenvalue weighted by Gasteiger charge is -2.03. The van der Waals surface area contributed by atoms with Gasteiger partial charge in [-0.1, -0.05) is 6.58 Å². The lowest BCUT2D eigenvalue weighted by atomic mass is 10.3. The van der Waals surface area contributed by atoms with E-state index < -0.39 is 0 Å². The van der Waals surface area contributed by atoms with Crippen LogP contribution >= 0.6 is 0 Å². The van der Waals surface area contributed by atoms with E-state index in [0.29, 0.717) is 0 Å². The Kier molecular flexibility index (Phi) is 2.16. The Morgan fingerprint density at radius 3 is 2.36 bits per heavy atom. The smallest absolute Gasteiger partial charge is 0.115 e. The Morgan fingerprint density at radius 2 is 1.91 bits per heavy atom. The van der Waals surface area contributed by atoms with Crippen molar-refractivity contribution in [1.29, 1.82) is 0 Å². The molecule has 0 aliphatic rings. The first-order valence-electron chi connectivity index (χ1n) is 3.40. The molecular weight excluding hydrogens is 138 g/mol. The number of hydrogen-bond acceptors (Lipinski definition) is 2. The summed E-state index contributed by atoms with van der Waals surface area (Å²) in [5, 5.41) is 12.0. The topological polar surface area (TPSA) is 32.3 Å². The van der Waals surface area contributed by atoms with E-state index in [4.69, 9.17) is 5.11 Å². The van der Waals surface area contributed by atoms with Crippen molar-refractivity contribution < 1.29 is 5.11 Å². The molecule has 2 N–H and O–H groups in total. The summed E-state index contributed by atoms with van der Waals surface area (Å²) in [6.07, 6.45) is 0. The Bertz CT molecular complexity index is 251. The molecule has 0 radical (unpaired) electrons. The van der Waals surface area contributed by atoms with Gasteiger partial charge in [0.05, 0.1) is 0 Å². The predicted molar refractivity (Wildman–Crippen MR) is 46.5 cm³/mol. The normalized spacial score (nSPS) is 9.18. The van der Waals surface area contributed by atoms with Crippen molar-refractivity contribution in [2.24, 2.45) is 0 Å². The van der Waals surface area contributed by atoms with E-state index in [1.807, 2.05) is 6.92 Å². The van der Waals surface area contributed by atoms with Crippen LogP contribution in [0, 0.1) is 0 Å². The number of hydrogen-bond donors (Lipinski definition) is 2. The molecule has 1 aromatic carbocycles. The average Bonchev–Trinajstić information content (AvgIpc) is 1.93. The number of benzene rings is 1. The average molecular weight is 149 g/mol. The molecule has 0 aromatic heterocycles. The third-order valence-corrected chi connectivity index (χ3v) is 1.23. The van der Waals surface area contributed by atoms with Crippen LogP contribution in [0.2, 0.25) is 0 Å². The minimum Gasteiger partial charge on any atom is -0.508 e. The monoisotopic (exact) mass is 149 g/mol. The first-order valence-corrected chi connectivity index (χ1v) is 3.40. The zero-order chi connectivity index (χ0) is 8.27. The number of aromatic hydroxyl groups is 1. The van der Waals surface area contributed by atoms with Crippen molar-refractivity contribution in [1.82, 2.24) is 0 Å². The number of nitrogens with one attached hydrogen (secondary N) is 1. The van der Waals surface area contributed by atoms with Crippen LogP contribution in [0.1, 0.15) is 6.92 Å². The van der Waals surface area contributed by atoms with Gasteiger partial charge in [0, 0.05) is 11.4 Å². The fourth-order valence-electron chi connectivity index (χ4n) is 0.791. The molecule has 58 valence electrons. The molecule has 1 rings (SSSR count). The molecule has 0 heterocycles. The summed E-state index contributed by atoms with van der Waals surface area (Å²) in [6.45, 7) is 5.58. The van der Waals surface area contributed by atoms with Gasteiger partial charge in [-0.25, -0.2) is 0 Å². The molecule has 0 amide bonds. The molecule has 2 nitrogen and oxygen atoms in total. The standard InChI is InChI=1S/C9H11NO/c1-7(2)10-8-3-5-9(11)6-4-8/h3-6,10-11H,1H2,2H3. The van der Waals surface area contributed by atoms with Gasteiger partial charge in [0.2, 0.25) is 0 Å². The first-order chi connectivity index (χ1) is 5.18. The minimum atomic E-state index is 0.275. The van der Waals surface area contributed by atoms with Crippen molar-refractivity contribution >= 4 is 5.69 Å². The van der Waals surface area contributed by atoms with E-state index in [2.05, 4.69) is 11.9 Å². The summed E-state index contributed by atoms with van der Waals surface area (Å²) >= 11 is 0. The summed E-state index contributed by atoms with van der Waals surface area (Å²) in [5.74, 6) is 0.275. The van der Waals surface area contributed by atoms with Crippen LogP contribution < -0.4 is 5.32 Å². The van der Waals surface area contributed by atoms with E-state index in [-0.39, 0.29) is 5.75 Å². The lowest BCUT2D eigenvalue weighted by Crippen LogP contribution is -1.91. The summed E-state index contributed by atoms with van der Waals surface area (Å²) < 4.78 is 0. The number of anilines is 1. The van der Waals surface area contributed by atoms with Crippen molar-refractivity contribution in [2.45, 2.75) is 6.92 Å². The maximum Gasteiger partial charge on any atom is 0.115 e. The summed E-state index contributed by atoms with van der Waals surface area (Å²) in [6, 6.07) is 6.85. The second-order valence-corrected chi connectivity index (χ2v) is 2.45. The zero-order valence-corrected chi connectivity index (χ0v) is 6.46. The van der Waals surface area contributed by atoms with Crippen molar-refractivity contribution in [3.05, 3.63) is 36.5 Å². The maximum absolute atomic E-state index is 8.94. The van der Waals surface area contributed by atoms with Crippen LogP contribution in [0.3, 0.4) is 0 Å². The highest BCUT2D eigenvalue weighted by Gasteiger charge is 1.90. The molecule has 0 atom stereocenters. The van der Waals surface area contributed by atoms with Crippen LogP contribution in [0.4, 0.5) is 5.69 Å². The van der Waals surface area contributed by atoms with Gasteiger partial charge in [-0.2, -0.15) is 0 Å². The van der Waals surface area contributed by atoms with Gasteiger partial charge < -0.3 is 10.4 Å². The maximum atomic E-state index is 8.94. The van der Waals surface area contributed by atoms with Gasteiger partial charge in [0.15, 0.2) is 0 Å². The SMILES string of the molecule is C=C(C)Nc1ccc(O)cc1. The molecule has 0 fully saturated rings. The molecule has 0 saturated carbocycles. The van der Waals surface area contributed by atoms with E-state index >= 15 is 0 Å². The van der Waals surface area contributed by atoms with Crippen LogP contribution in [-0.2, 0) is 0 Å². The Morgan fingerprint density at radius 1 is 1.36 bits per heavy atom. The number of rotatable bonds is 2. The largest absolute Gasteiger partial charge is 0.508 e. The molecule has 1 aromatic rings. The highest BCUT2D eigenvalue weighted by Crippen LogP contribution is 2.14. The van der Waals surface area contributed by atoms with Gasteiger partial charge in [-0.3, -0.25) is 0 Å². The molecule has 0 aliphatic carbocycles. The quantitative estimate of drug-likeness (QED) is 0.632. The van der Waals surface area contributed by atoms with Crippen molar-refractivity contribution in [2.75, 3.05) is 5.32 Å². The lowest BCUT2D eigenvalue weighted by molar-refractivity contribution is 0.475. The number of phenols is 1. The molecule has 0 aliphatic heterocycles. The van der Waals surface area contributed by atoms with Gasteiger partial charge in [0.1, 0.15) is 5.75 Å². The fourth-order valence-corrected chi connectivity index (χ4v) is 0.791. The van der Waals surface area contributed by atoms with Crippen LogP contribution in [0.15, 0.2) is 36.5 Å². The van der Waals surface area contributed by atoms with E-state index in [9.17, 15) is 0 Å². The highest BCUT2D eigenvalue weighted by molar-refractivity contribution is 5.49. The Hall–Kier alpha value is -1.44. The number of phenolic OH excluding ortho intramolecular Hbond substituents is 1. The molecule has 2 heteroatoms. The van der Waals surface area contributed by atoms with E-state index in [1.54, 1.807) is 24.3 Å². The van der Waals surface area contributed by atoms with E-state index in [1.165, 1.54) is 0 Å². The number of allylic oxidation sites excluding steroid dienone is 1. The zero-order valence-electron chi connectivity index (χ0n) is 6.46. The first kappa shape index (κ1) is 7.66. The van der Waals surface area contributed by atoms with Crippen molar-refractivity contribution in [3.8, 4) is 5.75 Å². The summed E-state index contributed by atoms with van der Waals surface area (Å²) in [5.41, 5.74) is 1.82. The highest BCUT2D eigenvalue weighted by atomic mass is 16.3. The van der Waals surface area contributed by atoms with Gasteiger partial charge in [0.25, 0.3) is 0 Å². The Labute approximate surface area is 66.2 Å². The third-order valence-electron chi connectivity index (χ3n) is 1.23. The van der Waals surface area contributed by atoms with Gasteiger partial charge in [-0.15, -0.1) is 0 Å². The minimum absolute atomic E-state index is 0.275. The predicted octanol–water partition coefficient (Wildman–Crippen LogP) is 2.34. The molecular formula is C9H11NO. The van der Waals surface area contributed by atoms with Gasteiger partial charge in [-0.05, 0) is 31.2 Å². The van der Waals surface area contributed by atoms with E-state index in [0.717, 1.165) is 11.4 Å². The molecule has 0 saturated heterocycles. The van der Waals surface area contributed by atoms with Gasteiger partial charge >= 0.3 is 0 Å². The molecule has 0 unspecified atom stereocenters. The summed E-state index contributed by atoms with van der Waals surface area (Å²) in [4.78, 5) is 0. The van der Waals surface area contributed by atoms with Crippen molar-refractivity contribution in [3.63, 3.8) is 0 Å². The Balaban J connectivity index is 2.74. The van der Waals surface area contributed by atoms with Crippen LogP contribution in [0.5, 0.6) is 5.75 Å². The molecule has 11 heavy (non-hydrogen) atoms. The second kappa shape index (κ2) is 3.10.